The number of nitrogens with two attached hydrogens (primary N) is 1. The second-order valence-corrected chi connectivity index (χ2v) is 7.29. The normalized spacial score (nSPS) is 12.5. The number of nitrogens with one attached hydrogen (secondary N) is 1. The van der Waals surface area contributed by atoms with E-state index >= 15 is 0 Å². The summed E-state index contributed by atoms with van der Waals surface area (Å²) in [5.74, 6) is 0.164. The fourth-order valence-electron chi connectivity index (χ4n) is 3.05. The van der Waals surface area contributed by atoms with Crippen LogP contribution in [0.15, 0.2) is 0 Å². The largest absolute Gasteiger partial charge is 0.355 e. The number of rotatable bonds is 12. The van der Waals surface area contributed by atoms with Gasteiger partial charge in [-0.3, -0.25) is 4.79 Å². The molecule has 0 aromatic carbocycles. The number of carbonyl (C=O) groups excluding carboxylic acids is 1. The third-order valence-electron chi connectivity index (χ3n) is 4.51. The zero-order valence-corrected chi connectivity index (χ0v) is 15.1. The summed E-state index contributed by atoms with van der Waals surface area (Å²) in [5.41, 5.74) is 5.77. The monoisotopic (exact) mass is 298 g/mol. The highest BCUT2D eigenvalue weighted by Crippen LogP contribution is 2.30. The SMILES string of the molecule is CCCCCC(C)(C)CNC(=O)C(CN)(CCC)CCC. The summed E-state index contributed by atoms with van der Waals surface area (Å²) in [6.45, 7) is 12.2. The molecule has 0 rings (SSSR count). The van der Waals surface area contributed by atoms with Crippen molar-refractivity contribution in [2.24, 2.45) is 16.6 Å². The molecule has 0 spiro atoms. The van der Waals surface area contributed by atoms with Crippen LogP contribution in [0.5, 0.6) is 0 Å². The van der Waals surface area contributed by atoms with E-state index < -0.39 is 0 Å². The van der Waals surface area contributed by atoms with Crippen LogP contribution in [-0.4, -0.2) is 19.0 Å². The molecule has 0 heterocycles. The van der Waals surface area contributed by atoms with Crippen molar-refractivity contribution >= 4 is 5.91 Å². The molecule has 0 radical (unpaired) electrons. The molecule has 0 aliphatic rings. The Morgan fingerprint density at radius 1 is 0.952 bits per heavy atom. The summed E-state index contributed by atoms with van der Waals surface area (Å²) in [4.78, 5) is 12.7. The maximum atomic E-state index is 12.7. The van der Waals surface area contributed by atoms with Crippen molar-refractivity contribution in [3.63, 3.8) is 0 Å². The Kier molecular flexibility index (Phi) is 9.93. The second-order valence-electron chi connectivity index (χ2n) is 7.29. The Morgan fingerprint density at radius 3 is 1.95 bits per heavy atom. The van der Waals surface area contributed by atoms with Crippen LogP contribution in [0.4, 0.5) is 0 Å². The average molecular weight is 299 g/mol. The molecule has 126 valence electrons. The van der Waals surface area contributed by atoms with Crippen molar-refractivity contribution in [1.29, 1.82) is 0 Å². The summed E-state index contributed by atoms with van der Waals surface area (Å²) in [7, 11) is 0. The van der Waals surface area contributed by atoms with Crippen molar-refractivity contribution in [3.05, 3.63) is 0 Å². The van der Waals surface area contributed by atoms with E-state index in [1.165, 1.54) is 19.3 Å². The van der Waals surface area contributed by atoms with Crippen LogP contribution in [-0.2, 0) is 4.79 Å². The summed E-state index contributed by atoms with van der Waals surface area (Å²) in [6.07, 6.45) is 8.71. The fourth-order valence-corrected chi connectivity index (χ4v) is 3.05. The summed E-state index contributed by atoms with van der Waals surface area (Å²) >= 11 is 0. The molecule has 0 fully saturated rings. The molecule has 3 N–H and O–H groups in total. The highest BCUT2D eigenvalue weighted by molar-refractivity contribution is 5.82. The van der Waals surface area contributed by atoms with E-state index in [9.17, 15) is 4.79 Å². The molecule has 1 amide bonds. The van der Waals surface area contributed by atoms with Crippen LogP contribution < -0.4 is 11.1 Å². The van der Waals surface area contributed by atoms with Gasteiger partial charge in [0.05, 0.1) is 5.41 Å². The van der Waals surface area contributed by atoms with Gasteiger partial charge >= 0.3 is 0 Å². The van der Waals surface area contributed by atoms with Crippen molar-refractivity contribution < 1.29 is 4.79 Å². The molecule has 0 saturated carbocycles. The third kappa shape index (κ3) is 7.30. The number of unbranched alkanes of at least 4 members (excludes halogenated alkanes) is 2. The van der Waals surface area contributed by atoms with E-state index in [4.69, 9.17) is 5.73 Å². The fraction of sp³-hybridized carbons (Fsp3) is 0.944. The highest BCUT2D eigenvalue weighted by atomic mass is 16.2. The van der Waals surface area contributed by atoms with Crippen LogP contribution in [0.2, 0.25) is 0 Å². The number of hydrogen-bond donors (Lipinski definition) is 2. The quantitative estimate of drug-likeness (QED) is 0.529. The van der Waals surface area contributed by atoms with Crippen molar-refractivity contribution in [1.82, 2.24) is 5.32 Å². The van der Waals surface area contributed by atoms with Crippen molar-refractivity contribution in [2.75, 3.05) is 13.1 Å². The zero-order chi connectivity index (χ0) is 16.4. The molecule has 3 nitrogen and oxygen atoms in total. The van der Waals surface area contributed by atoms with E-state index in [1.54, 1.807) is 0 Å². The smallest absolute Gasteiger partial charge is 0.227 e. The van der Waals surface area contributed by atoms with Gasteiger partial charge in [-0.2, -0.15) is 0 Å². The standard InChI is InChI=1S/C18H38N2O/c1-6-9-10-13-17(4,5)15-20-16(21)18(14-19,11-7-2)12-8-3/h6-15,19H2,1-5H3,(H,20,21). The van der Waals surface area contributed by atoms with Gasteiger partial charge in [0.25, 0.3) is 0 Å². The van der Waals surface area contributed by atoms with Gasteiger partial charge in [0.15, 0.2) is 0 Å². The Hall–Kier alpha value is -0.570. The van der Waals surface area contributed by atoms with Gasteiger partial charge in [0.1, 0.15) is 0 Å². The predicted molar refractivity (Wildman–Crippen MR) is 92.2 cm³/mol. The molecule has 0 atom stereocenters. The van der Waals surface area contributed by atoms with E-state index in [1.807, 2.05) is 0 Å². The number of carbonyl (C=O) groups is 1. The lowest BCUT2D eigenvalue weighted by Crippen LogP contribution is -2.48. The van der Waals surface area contributed by atoms with Gasteiger partial charge in [0.2, 0.25) is 5.91 Å². The first kappa shape index (κ1) is 20.4. The Morgan fingerprint density at radius 2 is 1.52 bits per heavy atom. The topological polar surface area (TPSA) is 55.1 Å². The Balaban J connectivity index is 4.54. The van der Waals surface area contributed by atoms with Crippen LogP contribution in [0.25, 0.3) is 0 Å². The molecular weight excluding hydrogens is 260 g/mol. The lowest BCUT2D eigenvalue weighted by molar-refractivity contribution is -0.132. The average Bonchev–Trinajstić information content (AvgIpc) is 2.44. The predicted octanol–water partition coefficient (Wildman–Crippen LogP) is 4.25. The third-order valence-corrected chi connectivity index (χ3v) is 4.51. The minimum Gasteiger partial charge on any atom is -0.355 e. The summed E-state index contributed by atoms with van der Waals surface area (Å²) < 4.78 is 0. The van der Waals surface area contributed by atoms with Crippen LogP contribution in [0, 0.1) is 10.8 Å². The first-order chi connectivity index (χ1) is 9.87. The van der Waals surface area contributed by atoms with Gasteiger partial charge < -0.3 is 11.1 Å². The van der Waals surface area contributed by atoms with Gasteiger partial charge in [-0.25, -0.2) is 0 Å². The van der Waals surface area contributed by atoms with E-state index in [0.29, 0.717) is 6.54 Å². The summed E-state index contributed by atoms with van der Waals surface area (Å²) in [5, 5.41) is 3.19. The minimum absolute atomic E-state index is 0.164. The maximum absolute atomic E-state index is 12.7. The first-order valence-corrected chi connectivity index (χ1v) is 8.86. The van der Waals surface area contributed by atoms with E-state index in [0.717, 1.165) is 38.6 Å². The molecule has 0 aliphatic carbocycles. The molecule has 0 aliphatic heterocycles. The maximum Gasteiger partial charge on any atom is 0.227 e. The molecule has 0 bridgehead atoms. The zero-order valence-electron chi connectivity index (χ0n) is 15.1. The molecule has 0 aromatic heterocycles. The van der Waals surface area contributed by atoms with Crippen molar-refractivity contribution in [2.45, 2.75) is 86.0 Å². The highest BCUT2D eigenvalue weighted by Gasteiger charge is 2.35. The number of amides is 1. The van der Waals surface area contributed by atoms with Gasteiger partial charge in [0, 0.05) is 13.1 Å². The molecule has 0 aromatic rings. The molecular formula is C18H38N2O. The number of hydrogen-bond acceptors (Lipinski definition) is 2. The molecule has 3 heteroatoms. The first-order valence-electron chi connectivity index (χ1n) is 8.86. The van der Waals surface area contributed by atoms with Crippen LogP contribution >= 0.6 is 0 Å². The minimum atomic E-state index is -0.358. The molecule has 0 saturated heterocycles. The van der Waals surface area contributed by atoms with E-state index in [-0.39, 0.29) is 16.7 Å². The van der Waals surface area contributed by atoms with Crippen LogP contribution in [0.1, 0.15) is 86.0 Å². The Labute approximate surface area is 132 Å². The van der Waals surface area contributed by atoms with E-state index in [2.05, 4.69) is 39.9 Å². The van der Waals surface area contributed by atoms with Gasteiger partial charge in [-0.05, 0) is 24.7 Å². The van der Waals surface area contributed by atoms with Gasteiger partial charge in [-0.1, -0.05) is 66.7 Å². The Bertz CT molecular complexity index is 281. The van der Waals surface area contributed by atoms with Gasteiger partial charge in [-0.15, -0.1) is 0 Å². The molecule has 21 heavy (non-hydrogen) atoms. The second kappa shape index (κ2) is 10.2. The summed E-state index contributed by atoms with van der Waals surface area (Å²) in [6, 6.07) is 0. The van der Waals surface area contributed by atoms with Crippen molar-refractivity contribution in [3.8, 4) is 0 Å². The lowest BCUT2D eigenvalue weighted by Gasteiger charge is -2.33. The molecule has 0 unspecified atom stereocenters. The van der Waals surface area contributed by atoms with Crippen LogP contribution in [0.3, 0.4) is 0 Å². The lowest BCUT2D eigenvalue weighted by atomic mass is 9.78.